The molecular formula is C14H22ClN3O. The van der Waals surface area contributed by atoms with Gasteiger partial charge in [0.1, 0.15) is 0 Å². The van der Waals surface area contributed by atoms with E-state index in [0.717, 1.165) is 36.1 Å². The molecule has 0 saturated heterocycles. The number of aliphatic imine (C=N–C) groups is 1. The van der Waals surface area contributed by atoms with Crippen molar-refractivity contribution >= 4 is 17.6 Å². The van der Waals surface area contributed by atoms with Gasteiger partial charge in [-0.3, -0.25) is 4.99 Å². The lowest BCUT2D eigenvalue weighted by molar-refractivity contribution is 0.208. The summed E-state index contributed by atoms with van der Waals surface area (Å²) < 4.78 is 4.98. The number of guanidine groups is 1. The zero-order valence-corrected chi connectivity index (χ0v) is 12.3. The van der Waals surface area contributed by atoms with Crippen LogP contribution in [0.5, 0.6) is 0 Å². The maximum atomic E-state index is 6.11. The molecule has 1 rings (SSSR count). The minimum Gasteiger partial charge on any atom is -0.383 e. The first-order valence-electron chi connectivity index (χ1n) is 6.52. The molecule has 0 atom stereocenters. The van der Waals surface area contributed by atoms with Crippen LogP contribution in [-0.4, -0.2) is 39.3 Å². The van der Waals surface area contributed by atoms with Crippen molar-refractivity contribution in [2.45, 2.75) is 13.3 Å². The molecule has 0 fully saturated rings. The van der Waals surface area contributed by atoms with Gasteiger partial charge in [0, 0.05) is 25.2 Å². The molecule has 5 heteroatoms. The Hall–Kier alpha value is -1.26. The Kier molecular flexibility index (Phi) is 8.02. The summed E-state index contributed by atoms with van der Waals surface area (Å²) in [6, 6.07) is 7.89. The summed E-state index contributed by atoms with van der Waals surface area (Å²) in [6.07, 6.45) is 0.869. The van der Waals surface area contributed by atoms with Gasteiger partial charge in [0.15, 0.2) is 5.96 Å². The van der Waals surface area contributed by atoms with Gasteiger partial charge < -0.3 is 15.4 Å². The van der Waals surface area contributed by atoms with Gasteiger partial charge in [-0.1, -0.05) is 29.8 Å². The van der Waals surface area contributed by atoms with Crippen LogP contribution in [0.25, 0.3) is 0 Å². The number of hydrogen-bond acceptors (Lipinski definition) is 2. The molecule has 0 radical (unpaired) electrons. The smallest absolute Gasteiger partial charge is 0.191 e. The van der Waals surface area contributed by atoms with Gasteiger partial charge in [-0.05, 0) is 25.0 Å². The van der Waals surface area contributed by atoms with E-state index >= 15 is 0 Å². The first-order valence-corrected chi connectivity index (χ1v) is 6.90. The van der Waals surface area contributed by atoms with Gasteiger partial charge in [-0.2, -0.15) is 0 Å². The highest BCUT2D eigenvalue weighted by Crippen LogP contribution is 2.14. The van der Waals surface area contributed by atoms with Crippen LogP contribution in [0.15, 0.2) is 29.3 Å². The first kappa shape index (κ1) is 15.8. The number of methoxy groups -OCH3 is 1. The number of nitrogens with zero attached hydrogens (tertiary/aromatic N) is 1. The van der Waals surface area contributed by atoms with Crippen LogP contribution in [-0.2, 0) is 11.2 Å². The molecule has 0 bridgehead atoms. The molecule has 19 heavy (non-hydrogen) atoms. The average molecular weight is 284 g/mol. The van der Waals surface area contributed by atoms with E-state index in [2.05, 4.69) is 15.6 Å². The van der Waals surface area contributed by atoms with Gasteiger partial charge in [-0.25, -0.2) is 0 Å². The number of nitrogens with one attached hydrogen (secondary N) is 2. The molecule has 0 aromatic heterocycles. The lowest BCUT2D eigenvalue weighted by Crippen LogP contribution is -2.38. The van der Waals surface area contributed by atoms with Crippen molar-refractivity contribution in [3.63, 3.8) is 0 Å². The van der Waals surface area contributed by atoms with E-state index in [4.69, 9.17) is 16.3 Å². The van der Waals surface area contributed by atoms with Crippen molar-refractivity contribution in [3.05, 3.63) is 34.9 Å². The summed E-state index contributed by atoms with van der Waals surface area (Å²) >= 11 is 6.11. The molecule has 0 aliphatic heterocycles. The van der Waals surface area contributed by atoms with Gasteiger partial charge >= 0.3 is 0 Å². The number of benzene rings is 1. The van der Waals surface area contributed by atoms with Crippen molar-refractivity contribution in [2.24, 2.45) is 4.99 Å². The second-order valence-corrected chi connectivity index (χ2v) is 4.43. The van der Waals surface area contributed by atoms with Crippen LogP contribution in [0.3, 0.4) is 0 Å². The van der Waals surface area contributed by atoms with Gasteiger partial charge in [0.05, 0.1) is 13.2 Å². The number of ether oxygens (including phenoxy) is 1. The molecular weight excluding hydrogens is 262 g/mol. The predicted octanol–water partition coefficient (Wildman–Crippen LogP) is 2.08. The largest absolute Gasteiger partial charge is 0.383 e. The van der Waals surface area contributed by atoms with Crippen LogP contribution in [0.4, 0.5) is 0 Å². The molecule has 0 heterocycles. The fourth-order valence-corrected chi connectivity index (χ4v) is 1.84. The van der Waals surface area contributed by atoms with Gasteiger partial charge in [0.2, 0.25) is 0 Å². The zero-order valence-electron chi connectivity index (χ0n) is 11.6. The Morgan fingerprint density at radius 1 is 1.32 bits per heavy atom. The third kappa shape index (κ3) is 6.45. The molecule has 106 valence electrons. The monoisotopic (exact) mass is 283 g/mol. The standard InChI is InChI=1S/C14H22ClN3O/c1-3-16-14(18-10-11-19-2)17-9-8-12-6-4-5-7-13(12)15/h4-7H,3,8-11H2,1-2H3,(H2,16,17,18). The second kappa shape index (κ2) is 9.64. The zero-order chi connectivity index (χ0) is 13.9. The molecule has 0 unspecified atom stereocenters. The predicted molar refractivity (Wildman–Crippen MR) is 81.0 cm³/mol. The third-order valence-corrected chi connectivity index (χ3v) is 2.92. The van der Waals surface area contributed by atoms with E-state index in [1.54, 1.807) is 7.11 Å². The highest BCUT2D eigenvalue weighted by Gasteiger charge is 2.00. The maximum Gasteiger partial charge on any atom is 0.191 e. The van der Waals surface area contributed by atoms with Crippen LogP contribution < -0.4 is 10.6 Å². The summed E-state index contributed by atoms with van der Waals surface area (Å²) in [7, 11) is 1.67. The average Bonchev–Trinajstić information content (AvgIpc) is 2.41. The summed E-state index contributed by atoms with van der Waals surface area (Å²) in [5.41, 5.74) is 1.14. The first-order chi connectivity index (χ1) is 9.27. The molecule has 0 spiro atoms. The van der Waals surface area contributed by atoms with Crippen molar-refractivity contribution < 1.29 is 4.74 Å². The van der Waals surface area contributed by atoms with Crippen molar-refractivity contribution in [3.8, 4) is 0 Å². The molecule has 1 aromatic rings. The summed E-state index contributed by atoms with van der Waals surface area (Å²) in [5.74, 6) is 0.812. The van der Waals surface area contributed by atoms with E-state index in [0.29, 0.717) is 13.2 Å². The van der Waals surface area contributed by atoms with Crippen LogP contribution in [0.2, 0.25) is 5.02 Å². The highest BCUT2D eigenvalue weighted by atomic mass is 35.5. The lowest BCUT2D eigenvalue weighted by atomic mass is 10.1. The van der Waals surface area contributed by atoms with Crippen molar-refractivity contribution in [1.29, 1.82) is 0 Å². The van der Waals surface area contributed by atoms with Crippen molar-refractivity contribution in [1.82, 2.24) is 10.6 Å². The molecule has 1 aromatic carbocycles. The topological polar surface area (TPSA) is 45.7 Å². The fourth-order valence-electron chi connectivity index (χ4n) is 1.61. The van der Waals surface area contributed by atoms with E-state index in [9.17, 15) is 0 Å². The molecule has 0 saturated carbocycles. The Bertz CT molecular complexity index is 396. The Balaban J connectivity index is 2.39. The van der Waals surface area contributed by atoms with Crippen LogP contribution in [0, 0.1) is 0 Å². The van der Waals surface area contributed by atoms with E-state index in [1.807, 2.05) is 31.2 Å². The Morgan fingerprint density at radius 3 is 2.79 bits per heavy atom. The number of halogens is 1. The third-order valence-electron chi connectivity index (χ3n) is 2.55. The lowest BCUT2D eigenvalue weighted by Gasteiger charge is -2.11. The summed E-state index contributed by atoms with van der Waals surface area (Å²) in [6.45, 7) is 4.95. The minimum absolute atomic E-state index is 0.626. The Morgan fingerprint density at radius 2 is 2.11 bits per heavy atom. The minimum atomic E-state index is 0.626. The fraction of sp³-hybridized carbons (Fsp3) is 0.500. The number of rotatable bonds is 7. The van der Waals surface area contributed by atoms with Crippen molar-refractivity contribution in [2.75, 3.05) is 33.4 Å². The van der Waals surface area contributed by atoms with E-state index in [-0.39, 0.29) is 0 Å². The molecule has 0 aliphatic carbocycles. The maximum absolute atomic E-state index is 6.11. The molecule has 0 aliphatic rings. The summed E-state index contributed by atoms with van der Waals surface area (Å²) in [4.78, 5) is 4.39. The molecule has 2 N–H and O–H groups in total. The van der Waals surface area contributed by atoms with E-state index < -0.39 is 0 Å². The van der Waals surface area contributed by atoms with Gasteiger partial charge in [-0.15, -0.1) is 0 Å². The quantitative estimate of drug-likeness (QED) is 0.458. The van der Waals surface area contributed by atoms with E-state index in [1.165, 1.54) is 0 Å². The SMILES string of the molecule is CCNC(=NCCOC)NCCc1ccccc1Cl. The Labute approximate surface area is 120 Å². The van der Waals surface area contributed by atoms with Crippen LogP contribution >= 0.6 is 11.6 Å². The summed E-state index contributed by atoms with van der Waals surface area (Å²) in [5, 5.41) is 7.28. The second-order valence-electron chi connectivity index (χ2n) is 4.02. The highest BCUT2D eigenvalue weighted by molar-refractivity contribution is 6.31. The van der Waals surface area contributed by atoms with Gasteiger partial charge in [0.25, 0.3) is 0 Å². The molecule has 4 nitrogen and oxygen atoms in total. The van der Waals surface area contributed by atoms with Crippen LogP contribution in [0.1, 0.15) is 12.5 Å². The normalized spacial score (nSPS) is 11.4. The molecule has 0 amide bonds. The number of hydrogen-bond donors (Lipinski definition) is 2.